The van der Waals surface area contributed by atoms with Crippen molar-refractivity contribution in [3.8, 4) is 11.5 Å². The fraction of sp³-hybridized carbons (Fsp3) is 0.0870. The van der Waals surface area contributed by atoms with Crippen LogP contribution >= 0.6 is 11.6 Å². The van der Waals surface area contributed by atoms with Crippen LogP contribution in [-0.2, 0) is 14.3 Å². The molecular weight excluding hydrogens is 420 g/mol. The monoisotopic (exact) mass is 438 g/mol. The molecule has 0 atom stereocenters. The molecule has 0 aromatic heterocycles. The summed E-state index contributed by atoms with van der Waals surface area (Å²) in [5.74, 6) is -0.365. The summed E-state index contributed by atoms with van der Waals surface area (Å²) in [4.78, 5) is 35.6. The Labute approximate surface area is 183 Å². The zero-order valence-corrected chi connectivity index (χ0v) is 17.1. The van der Waals surface area contributed by atoms with Crippen molar-refractivity contribution >= 4 is 35.1 Å². The minimum atomic E-state index is -0.732. The second-order valence-corrected chi connectivity index (χ2v) is 6.77. The Hall–Kier alpha value is -3.84. The van der Waals surface area contributed by atoms with Gasteiger partial charge in [0.2, 0.25) is 0 Å². The normalized spacial score (nSPS) is 10.1. The number of esters is 1. The lowest BCUT2D eigenvalue weighted by molar-refractivity contribution is -0.146. The topological polar surface area (TPSA) is 93.7 Å². The van der Waals surface area contributed by atoms with Crippen LogP contribution < -0.4 is 15.4 Å². The van der Waals surface area contributed by atoms with Crippen LogP contribution in [0, 0.1) is 0 Å². The molecule has 0 radical (unpaired) electrons. The predicted molar refractivity (Wildman–Crippen MR) is 116 cm³/mol. The summed E-state index contributed by atoms with van der Waals surface area (Å²) in [6, 6.07) is 22.3. The number of carbonyl (C=O) groups is 3. The van der Waals surface area contributed by atoms with Crippen LogP contribution in [0.3, 0.4) is 0 Å². The molecule has 7 nitrogen and oxygen atoms in total. The lowest BCUT2D eigenvalue weighted by atomic mass is 10.2. The van der Waals surface area contributed by atoms with E-state index in [9.17, 15) is 14.4 Å². The lowest BCUT2D eigenvalue weighted by Gasteiger charge is -2.09. The van der Waals surface area contributed by atoms with Crippen LogP contribution in [0.2, 0.25) is 5.02 Å². The highest BCUT2D eigenvalue weighted by atomic mass is 35.5. The molecule has 0 saturated heterocycles. The van der Waals surface area contributed by atoms with E-state index in [0.29, 0.717) is 27.8 Å². The Morgan fingerprint density at radius 1 is 0.806 bits per heavy atom. The maximum Gasteiger partial charge on any atom is 0.325 e. The number of ether oxygens (including phenoxy) is 2. The quantitative estimate of drug-likeness (QED) is 0.517. The second-order valence-electron chi connectivity index (χ2n) is 6.34. The molecule has 2 amide bonds. The third-order valence-corrected chi connectivity index (χ3v) is 4.23. The van der Waals surface area contributed by atoms with Gasteiger partial charge in [0.25, 0.3) is 11.8 Å². The highest BCUT2D eigenvalue weighted by Gasteiger charge is 2.11. The number of carbonyl (C=O) groups excluding carboxylic acids is 3. The van der Waals surface area contributed by atoms with E-state index in [0.717, 1.165) is 0 Å². The van der Waals surface area contributed by atoms with Crippen molar-refractivity contribution < 1.29 is 23.9 Å². The first-order chi connectivity index (χ1) is 15.0. The summed E-state index contributed by atoms with van der Waals surface area (Å²) < 4.78 is 10.6. The molecule has 31 heavy (non-hydrogen) atoms. The summed E-state index contributed by atoms with van der Waals surface area (Å²) >= 11 is 5.76. The van der Waals surface area contributed by atoms with Crippen LogP contribution in [0.4, 0.5) is 5.69 Å². The van der Waals surface area contributed by atoms with Crippen LogP contribution in [0.5, 0.6) is 11.5 Å². The SMILES string of the molecule is O=C(COC(=O)CNC(=O)c1ccc(Cl)cc1)Nc1ccc(Oc2ccccc2)cc1. The van der Waals surface area contributed by atoms with Crippen molar-refractivity contribution in [2.45, 2.75) is 0 Å². The average molecular weight is 439 g/mol. The van der Waals surface area contributed by atoms with Gasteiger partial charge in [-0.15, -0.1) is 0 Å². The lowest BCUT2D eigenvalue weighted by Crippen LogP contribution is -2.32. The van der Waals surface area contributed by atoms with Gasteiger partial charge >= 0.3 is 5.97 Å². The first-order valence-corrected chi connectivity index (χ1v) is 9.69. The molecule has 3 rings (SSSR count). The smallest absolute Gasteiger partial charge is 0.325 e. The molecule has 0 aliphatic rings. The van der Waals surface area contributed by atoms with Crippen LogP contribution in [0.15, 0.2) is 78.9 Å². The summed E-state index contributed by atoms with van der Waals surface area (Å²) in [5, 5.41) is 5.53. The average Bonchev–Trinajstić information content (AvgIpc) is 2.78. The largest absolute Gasteiger partial charge is 0.457 e. The van der Waals surface area contributed by atoms with Gasteiger partial charge < -0.3 is 20.1 Å². The van der Waals surface area contributed by atoms with Crippen molar-refractivity contribution in [2.24, 2.45) is 0 Å². The molecule has 2 N–H and O–H groups in total. The minimum absolute atomic E-state index is 0.356. The molecule has 158 valence electrons. The Morgan fingerprint density at radius 2 is 1.45 bits per heavy atom. The molecular formula is C23H19ClN2O5. The first kappa shape index (κ1) is 21.9. The summed E-state index contributed by atoms with van der Waals surface area (Å²) in [6.45, 7) is -0.835. The van der Waals surface area contributed by atoms with E-state index in [2.05, 4.69) is 10.6 Å². The Kier molecular flexibility index (Phi) is 7.61. The van der Waals surface area contributed by atoms with Crippen LogP contribution in [-0.4, -0.2) is 30.9 Å². The second kappa shape index (κ2) is 10.8. The van der Waals surface area contributed by atoms with Crippen molar-refractivity contribution in [1.29, 1.82) is 0 Å². The van der Waals surface area contributed by atoms with Gasteiger partial charge in [0.15, 0.2) is 6.61 Å². The zero-order valence-electron chi connectivity index (χ0n) is 16.3. The van der Waals surface area contributed by atoms with E-state index in [-0.39, 0.29) is 6.54 Å². The van der Waals surface area contributed by atoms with Crippen LogP contribution in [0.25, 0.3) is 0 Å². The maximum absolute atomic E-state index is 12.0. The van der Waals surface area contributed by atoms with Gasteiger partial charge in [-0.25, -0.2) is 0 Å². The Bertz CT molecular complexity index is 1040. The molecule has 3 aromatic carbocycles. The Balaban J connectivity index is 1.38. The zero-order chi connectivity index (χ0) is 22.1. The minimum Gasteiger partial charge on any atom is -0.457 e. The number of rotatable bonds is 8. The fourth-order valence-electron chi connectivity index (χ4n) is 2.48. The van der Waals surface area contributed by atoms with E-state index in [1.165, 1.54) is 12.1 Å². The molecule has 8 heteroatoms. The summed E-state index contributed by atoms with van der Waals surface area (Å²) in [6.07, 6.45) is 0. The molecule has 3 aromatic rings. The van der Waals surface area contributed by atoms with Crippen molar-refractivity contribution in [1.82, 2.24) is 5.32 Å². The third-order valence-electron chi connectivity index (χ3n) is 3.98. The number of hydrogen-bond donors (Lipinski definition) is 2. The highest BCUT2D eigenvalue weighted by molar-refractivity contribution is 6.30. The third kappa shape index (κ3) is 7.17. The van der Waals surface area contributed by atoms with E-state index in [4.69, 9.17) is 21.1 Å². The Morgan fingerprint density at radius 3 is 2.13 bits per heavy atom. The van der Waals surface area contributed by atoms with E-state index < -0.39 is 24.4 Å². The van der Waals surface area contributed by atoms with E-state index in [1.807, 2.05) is 30.3 Å². The predicted octanol–water partition coefficient (Wildman–Crippen LogP) is 4.04. The summed E-state index contributed by atoms with van der Waals surface area (Å²) in [7, 11) is 0. The van der Waals surface area contributed by atoms with Gasteiger partial charge in [-0.2, -0.15) is 0 Å². The number of para-hydroxylation sites is 1. The number of nitrogens with one attached hydrogen (secondary N) is 2. The molecule has 0 bridgehead atoms. The van der Waals surface area contributed by atoms with E-state index in [1.54, 1.807) is 36.4 Å². The van der Waals surface area contributed by atoms with Gasteiger partial charge in [0, 0.05) is 16.3 Å². The maximum atomic E-state index is 12.0. The van der Waals surface area contributed by atoms with E-state index >= 15 is 0 Å². The number of amides is 2. The van der Waals surface area contributed by atoms with Crippen molar-refractivity contribution in [3.63, 3.8) is 0 Å². The molecule has 0 aliphatic heterocycles. The molecule has 0 spiro atoms. The standard InChI is InChI=1S/C23H19ClN2O5/c24-17-8-6-16(7-9-17)23(29)25-14-22(28)30-15-21(27)26-18-10-12-20(13-11-18)31-19-4-2-1-3-5-19/h1-13H,14-15H2,(H,25,29)(H,26,27). The molecule has 0 heterocycles. The van der Waals surface area contributed by atoms with Gasteiger partial charge in [0.05, 0.1) is 0 Å². The van der Waals surface area contributed by atoms with Crippen molar-refractivity contribution in [3.05, 3.63) is 89.4 Å². The van der Waals surface area contributed by atoms with Gasteiger partial charge in [-0.1, -0.05) is 29.8 Å². The number of benzene rings is 3. The van der Waals surface area contributed by atoms with Gasteiger partial charge in [0.1, 0.15) is 18.0 Å². The highest BCUT2D eigenvalue weighted by Crippen LogP contribution is 2.22. The molecule has 0 fully saturated rings. The van der Waals surface area contributed by atoms with Gasteiger partial charge in [-0.3, -0.25) is 14.4 Å². The van der Waals surface area contributed by atoms with Gasteiger partial charge in [-0.05, 0) is 60.7 Å². The first-order valence-electron chi connectivity index (χ1n) is 9.32. The number of anilines is 1. The molecule has 0 saturated carbocycles. The fourth-order valence-corrected chi connectivity index (χ4v) is 2.61. The summed E-state index contributed by atoms with van der Waals surface area (Å²) in [5.41, 5.74) is 0.882. The van der Waals surface area contributed by atoms with Crippen molar-refractivity contribution in [2.75, 3.05) is 18.5 Å². The molecule has 0 unspecified atom stereocenters. The number of halogens is 1. The van der Waals surface area contributed by atoms with Crippen LogP contribution in [0.1, 0.15) is 10.4 Å². The number of hydrogen-bond acceptors (Lipinski definition) is 5. The molecule has 0 aliphatic carbocycles.